The van der Waals surface area contributed by atoms with Crippen molar-refractivity contribution < 1.29 is 42.9 Å². The number of thioether (sulfide) groups is 1. The Balaban J connectivity index is 0.00000380. The van der Waals surface area contributed by atoms with Gasteiger partial charge in [0.25, 0.3) is 0 Å². The fourth-order valence-corrected chi connectivity index (χ4v) is 6.19. The van der Waals surface area contributed by atoms with Crippen LogP contribution in [0, 0.1) is 0 Å². The van der Waals surface area contributed by atoms with Crippen LogP contribution in [0.5, 0.6) is 0 Å². The average Bonchev–Trinajstić information content (AvgIpc) is 3.25. The molecule has 0 unspecified atom stereocenters. The number of carbonyl (C=O) groups excluding carboxylic acids is 2. The summed E-state index contributed by atoms with van der Waals surface area (Å²) < 4.78 is 8.18. The molecule has 8 heteroatoms. The zero-order chi connectivity index (χ0) is 25.3. The Kier molecular flexibility index (Phi) is 11.4. The summed E-state index contributed by atoms with van der Waals surface area (Å²) in [4.78, 5) is 26.8. The van der Waals surface area contributed by atoms with Crippen LogP contribution in [-0.2, 0) is 16.0 Å². The Morgan fingerprint density at radius 2 is 1.68 bits per heavy atom. The predicted octanol–water partition coefficient (Wildman–Crippen LogP) is 3.82. The van der Waals surface area contributed by atoms with Crippen molar-refractivity contribution in [3.8, 4) is 5.69 Å². The van der Waals surface area contributed by atoms with Gasteiger partial charge >= 0.3 is 5.97 Å². The van der Waals surface area contributed by atoms with Crippen molar-refractivity contribution in [1.82, 2.24) is 0 Å². The lowest BCUT2D eigenvalue weighted by molar-refractivity contribution is -0.598. The smallest absolute Gasteiger partial charge is 0.310 e. The van der Waals surface area contributed by atoms with Gasteiger partial charge in [0.2, 0.25) is 11.5 Å². The summed E-state index contributed by atoms with van der Waals surface area (Å²) >= 11 is 9.09. The summed E-state index contributed by atoms with van der Waals surface area (Å²) in [6.45, 7) is 2.06. The Hall–Kier alpha value is -2.46. The van der Waals surface area contributed by atoms with Crippen LogP contribution in [0.2, 0.25) is 5.02 Å². The van der Waals surface area contributed by atoms with Crippen molar-refractivity contribution >= 4 is 52.5 Å². The number of hydrogen-bond acceptors (Lipinski definition) is 5. The fourth-order valence-electron chi connectivity index (χ4n) is 3.65. The molecule has 0 saturated carbocycles. The largest absolute Gasteiger partial charge is 1.00 e. The second-order valence-corrected chi connectivity index (χ2v) is 10.5. The monoisotopic (exact) mass is 661 g/mol. The highest BCUT2D eigenvalue weighted by molar-refractivity contribution is 8.01. The summed E-state index contributed by atoms with van der Waals surface area (Å²) in [5.74, 6) is 0.211. The average molecular weight is 662 g/mol. The molecule has 4 aromatic rings. The third-order valence-corrected chi connectivity index (χ3v) is 7.97. The van der Waals surface area contributed by atoms with Crippen LogP contribution in [0.15, 0.2) is 95.5 Å². The van der Waals surface area contributed by atoms with Crippen LogP contribution in [0.25, 0.3) is 11.8 Å². The minimum Gasteiger partial charge on any atom is -1.00 e. The van der Waals surface area contributed by atoms with Crippen molar-refractivity contribution in [2.75, 3.05) is 12.4 Å². The molecule has 0 amide bonds. The molecular weight excluding hydrogens is 637 g/mol. The first kappa shape index (κ1) is 29.1. The van der Waals surface area contributed by atoms with E-state index in [1.54, 1.807) is 43.0 Å². The molecule has 0 N–H and O–H groups in total. The van der Waals surface area contributed by atoms with Crippen LogP contribution in [0.1, 0.15) is 33.3 Å². The molecule has 0 aliphatic rings. The molecule has 0 saturated heterocycles. The zero-order valence-electron chi connectivity index (χ0n) is 20.1. The van der Waals surface area contributed by atoms with Crippen LogP contribution < -0.4 is 28.5 Å². The minimum atomic E-state index is -0.362. The van der Waals surface area contributed by atoms with Gasteiger partial charge in [0.05, 0.1) is 23.5 Å². The van der Waals surface area contributed by atoms with E-state index in [2.05, 4.69) is 24.3 Å². The normalized spacial score (nSPS) is 10.8. The quantitative estimate of drug-likeness (QED) is 0.0853. The molecular formula is C29H25ClINO3S2. The van der Waals surface area contributed by atoms with E-state index in [1.807, 2.05) is 53.4 Å². The van der Waals surface area contributed by atoms with Gasteiger partial charge in [0.1, 0.15) is 4.21 Å². The molecule has 0 spiro atoms. The lowest BCUT2D eigenvalue weighted by Gasteiger charge is -2.05. The minimum absolute atomic E-state index is 0. The zero-order valence-corrected chi connectivity index (χ0v) is 24.6. The Labute approximate surface area is 247 Å². The number of carbonyl (C=O) groups is 2. The van der Waals surface area contributed by atoms with Crippen LogP contribution >= 0.6 is 34.7 Å². The standard InChI is InChI=1S/C29H25ClNO3S2.HI/c1-2-34-25(32)20-24-26(31-17-7-4-8-18-31)29(35-19-9-12-21-10-5-3-6-11-21)36-28(24)27(33)22-13-15-23(30)16-14-22;/h3-18H,2,19-20H2,1H3;1H/q+1;/p-1/b12-9+;. The first-order chi connectivity index (χ1) is 17.6. The van der Waals surface area contributed by atoms with Gasteiger partial charge in [-0.05, 0) is 36.8 Å². The summed E-state index contributed by atoms with van der Waals surface area (Å²) in [6.07, 6.45) is 8.05. The van der Waals surface area contributed by atoms with E-state index >= 15 is 0 Å². The molecule has 37 heavy (non-hydrogen) atoms. The first-order valence-electron chi connectivity index (χ1n) is 11.5. The van der Waals surface area contributed by atoms with E-state index in [1.165, 1.54) is 11.3 Å². The Morgan fingerprint density at radius 3 is 2.35 bits per heavy atom. The molecule has 190 valence electrons. The van der Waals surface area contributed by atoms with Crippen molar-refractivity contribution in [2.24, 2.45) is 0 Å². The highest BCUT2D eigenvalue weighted by atomic mass is 127. The van der Waals surface area contributed by atoms with E-state index in [4.69, 9.17) is 16.3 Å². The van der Waals surface area contributed by atoms with E-state index in [0.717, 1.165) is 15.5 Å². The molecule has 0 aliphatic carbocycles. The lowest BCUT2D eigenvalue weighted by Crippen LogP contribution is -3.00. The van der Waals surface area contributed by atoms with Crippen LogP contribution in [-0.4, -0.2) is 24.1 Å². The van der Waals surface area contributed by atoms with Gasteiger partial charge in [-0.2, -0.15) is 4.57 Å². The van der Waals surface area contributed by atoms with Gasteiger partial charge in [0.15, 0.2) is 12.4 Å². The second-order valence-electron chi connectivity index (χ2n) is 7.77. The number of nitrogens with zero attached hydrogens (tertiary/aromatic N) is 1. The van der Waals surface area contributed by atoms with E-state index in [-0.39, 0.29) is 48.8 Å². The molecule has 2 aromatic carbocycles. The van der Waals surface area contributed by atoms with Gasteiger partial charge in [-0.1, -0.05) is 60.2 Å². The van der Waals surface area contributed by atoms with Crippen molar-refractivity contribution in [3.63, 3.8) is 0 Å². The maximum absolute atomic E-state index is 13.6. The highest BCUT2D eigenvalue weighted by Crippen LogP contribution is 2.38. The van der Waals surface area contributed by atoms with Crippen molar-refractivity contribution in [1.29, 1.82) is 0 Å². The molecule has 2 aromatic heterocycles. The number of ketones is 1. The van der Waals surface area contributed by atoms with Gasteiger partial charge in [-0.15, -0.1) is 23.1 Å². The summed E-state index contributed by atoms with van der Waals surface area (Å²) in [7, 11) is 0. The number of halogens is 2. The van der Waals surface area contributed by atoms with Crippen LogP contribution in [0.4, 0.5) is 0 Å². The number of rotatable bonds is 10. The number of benzene rings is 2. The number of ether oxygens (including phenoxy) is 1. The number of esters is 1. The Morgan fingerprint density at radius 1 is 1.00 bits per heavy atom. The van der Waals surface area contributed by atoms with Crippen LogP contribution in [0.3, 0.4) is 0 Å². The SMILES string of the molecule is CCOC(=O)Cc1c(C(=O)c2ccc(Cl)cc2)sc(SC/C=C/c2ccccc2)c1-[n+]1ccccc1.[I-]. The topological polar surface area (TPSA) is 47.3 Å². The number of hydrogen-bond donors (Lipinski definition) is 0. The molecule has 2 heterocycles. The van der Waals surface area contributed by atoms with Crippen molar-refractivity contribution in [2.45, 2.75) is 17.6 Å². The second kappa shape index (κ2) is 14.5. The maximum atomic E-state index is 13.6. The molecule has 0 aliphatic heterocycles. The van der Waals surface area contributed by atoms with Gasteiger partial charge in [-0.3, -0.25) is 9.59 Å². The van der Waals surface area contributed by atoms with Gasteiger partial charge in [0, 0.05) is 28.5 Å². The molecule has 0 fully saturated rings. The van der Waals surface area contributed by atoms with E-state index < -0.39 is 0 Å². The molecule has 0 radical (unpaired) electrons. The summed E-state index contributed by atoms with van der Waals surface area (Å²) in [5, 5.41) is 0.562. The number of aromatic nitrogens is 1. The van der Waals surface area contributed by atoms with Gasteiger partial charge < -0.3 is 28.7 Å². The fraction of sp³-hybridized carbons (Fsp3) is 0.138. The molecule has 0 bridgehead atoms. The third kappa shape index (κ3) is 7.77. The predicted molar refractivity (Wildman–Crippen MR) is 147 cm³/mol. The third-order valence-electron chi connectivity index (χ3n) is 5.28. The highest BCUT2D eigenvalue weighted by Gasteiger charge is 2.31. The molecule has 4 nitrogen and oxygen atoms in total. The lowest BCUT2D eigenvalue weighted by atomic mass is 10.0. The summed E-state index contributed by atoms with van der Waals surface area (Å²) in [6, 6.07) is 22.7. The maximum Gasteiger partial charge on any atom is 0.310 e. The Bertz CT molecular complexity index is 1360. The van der Waals surface area contributed by atoms with E-state index in [9.17, 15) is 9.59 Å². The van der Waals surface area contributed by atoms with Gasteiger partial charge in [-0.25, -0.2) is 0 Å². The number of thiophene rings is 1. The first-order valence-corrected chi connectivity index (χ1v) is 13.7. The summed E-state index contributed by atoms with van der Waals surface area (Å²) in [5.41, 5.74) is 3.16. The van der Waals surface area contributed by atoms with E-state index in [0.29, 0.717) is 26.8 Å². The number of pyridine rings is 1. The van der Waals surface area contributed by atoms with Crippen molar-refractivity contribution in [3.05, 3.63) is 118 Å². The molecule has 0 atom stereocenters. The molecule has 4 rings (SSSR count).